The number of Topliss-reactive ketones (excluding diaryl/α,β-unsaturated/α-hetero) is 1. The number of carbonyl (C=O) groups excluding carboxylic acids is 1. The van der Waals surface area contributed by atoms with Gasteiger partial charge < -0.3 is 0 Å². The second-order valence-electron chi connectivity index (χ2n) is 5.13. The molecule has 0 radical (unpaired) electrons. The lowest BCUT2D eigenvalue weighted by molar-refractivity contribution is -0.126. The van der Waals surface area contributed by atoms with E-state index in [1.807, 2.05) is 0 Å². The molecule has 0 amide bonds. The summed E-state index contributed by atoms with van der Waals surface area (Å²) in [6.07, 6.45) is 11.2. The Morgan fingerprint density at radius 2 is 1.87 bits per heavy atom. The monoisotopic (exact) mass is 210 g/mol. The van der Waals surface area contributed by atoms with Gasteiger partial charge in [-0.05, 0) is 19.3 Å². The highest BCUT2D eigenvalue weighted by atomic mass is 16.1. The van der Waals surface area contributed by atoms with E-state index in [1.165, 1.54) is 38.5 Å². The fourth-order valence-corrected chi connectivity index (χ4v) is 2.63. The molecule has 1 heteroatoms. The van der Waals surface area contributed by atoms with Crippen molar-refractivity contribution in [3.8, 4) is 0 Å². The van der Waals surface area contributed by atoms with Gasteiger partial charge in [-0.3, -0.25) is 4.79 Å². The quantitative estimate of drug-likeness (QED) is 0.571. The van der Waals surface area contributed by atoms with Gasteiger partial charge in [0.2, 0.25) is 0 Å². The third kappa shape index (κ3) is 4.36. The van der Waals surface area contributed by atoms with E-state index in [1.54, 1.807) is 0 Å². The molecule has 0 N–H and O–H groups in total. The summed E-state index contributed by atoms with van der Waals surface area (Å²) in [5.41, 5.74) is 0. The molecule has 0 aromatic carbocycles. The smallest absolute Gasteiger partial charge is 0.138 e. The van der Waals surface area contributed by atoms with E-state index < -0.39 is 0 Å². The predicted molar refractivity (Wildman–Crippen MR) is 64.9 cm³/mol. The molecule has 1 atom stereocenters. The van der Waals surface area contributed by atoms with Gasteiger partial charge in [0.05, 0.1) is 0 Å². The SMILES string of the molecule is CCCCCCC(C)C(=O)C1CCCC1. The number of hydrogen-bond donors (Lipinski definition) is 0. The first kappa shape index (κ1) is 12.7. The molecule has 0 spiro atoms. The molecular formula is C14H26O. The highest BCUT2D eigenvalue weighted by Gasteiger charge is 2.26. The first-order valence-corrected chi connectivity index (χ1v) is 6.79. The molecule has 0 saturated heterocycles. The van der Waals surface area contributed by atoms with Crippen LogP contribution in [-0.2, 0) is 4.79 Å². The van der Waals surface area contributed by atoms with Crippen molar-refractivity contribution >= 4 is 5.78 Å². The highest BCUT2D eigenvalue weighted by Crippen LogP contribution is 2.29. The van der Waals surface area contributed by atoms with E-state index in [-0.39, 0.29) is 0 Å². The Labute approximate surface area is 94.6 Å². The number of rotatable bonds is 7. The summed E-state index contributed by atoms with van der Waals surface area (Å²) in [4.78, 5) is 12.0. The molecule has 15 heavy (non-hydrogen) atoms. The van der Waals surface area contributed by atoms with Gasteiger partial charge in [-0.2, -0.15) is 0 Å². The summed E-state index contributed by atoms with van der Waals surface area (Å²) in [6.45, 7) is 4.36. The summed E-state index contributed by atoms with van der Waals surface area (Å²) in [5, 5.41) is 0. The van der Waals surface area contributed by atoms with Gasteiger partial charge in [-0.15, -0.1) is 0 Å². The standard InChI is InChI=1S/C14H26O/c1-3-4-5-6-9-12(2)14(15)13-10-7-8-11-13/h12-13H,3-11H2,1-2H3. The molecule has 0 aliphatic heterocycles. The Balaban J connectivity index is 2.14. The molecular weight excluding hydrogens is 184 g/mol. The minimum atomic E-state index is 0.324. The number of unbranched alkanes of at least 4 members (excludes halogenated alkanes) is 3. The van der Waals surface area contributed by atoms with Crippen molar-refractivity contribution in [2.24, 2.45) is 11.8 Å². The first-order valence-electron chi connectivity index (χ1n) is 6.79. The van der Waals surface area contributed by atoms with Gasteiger partial charge in [0.15, 0.2) is 0 Å². The molecule has 0 aromatic rings. The number of ketones is 1. The molecule has 0 heterocycles. The molecule has 1 saturated carbocycles. The normalized spacial score (nSPS) is 19.3. The van der Waals surface area contributed by atoms with Gasteiger partial charge in [0, 0.05) is 11.8 Å². The lowest BCUT2D eigenvalue weighted by Crippen LogP contribution is -2.19. The Kier molecular flexibility index (Phi) is 5.97. The van der Waals surface area contributed by atoms with Crippen LogP contribution in [0.2, 0.25) is 0 Å². The molecule has 1 rings (SSSR count). The van der Waals surface area contributed by atoms with E-state index in [9.17, 15) is 4.79 Å². The van der Waals surface area contributed by atoms with E-state index in [4.69, 9.17) is 0 Å². The Morgan fingerprint density at radius 3 is 2.47 bits per heavy atom. The maximum Gasteiger partial charge on any atom is 0.138 e. The third-order valence-corrected chi connectivity index (χ3v) is 3.73. The summed E-state index contributed by atoms with van der Waals surface area (Å²) in [7, 11) is 0. The van der Waals surface area contributed by atoms with Crippen LogP contribution in [0.3, 0.4) is 0 Å². The van der Waals surface area contributed by atoms with Crippen molar-refractivity contribution in [2.45, 2.75) is 71.6 Å². The van der Waals surface area contributed by atoms with Crippen molar-refractivity contribution in [3.63, 3.8) is 0 Å². The maximum atomic E-state index is 12.0. The molecule has 1 fully saturated rings. The van der Waals surface area contributed by atoms with Crippen LogP contribution in [0.1, 0.15) is 71.6 Å². The van der Waals surface area contributed by atoms with Gasteiger partial charge >= 0.3 is 0 Å². The Hall–Kier alpha value is -0.330. The van der Waals surface area contributed by atoms with Gasteiger partial charge in [-0.1, -0.05) is 52.4 Å². The van der Waals surface area contributed by atoms with E-state index in [2.05, 4.69) is 13.8 Å². The van der Waals surface area contributed by atoms with E-state index in [0.29, 0.717) is 17.6 Å². The Morgan fingerprint density at radius 1 is 1.20 bits per heavy atom. The van der Waals surface area contributed by atoms with Crippen LogP contribution < -0.4 is 0 Å². The molecule has 1 aliphatic carbocycles. The third-order valence-electron chi connectivity index (χ3n) is 3.73. The van der Waals surface area contributed by atoms with Crippen LogP contribution in [0.15, 0.2) is 0 Å². The lowest BCUT2D eigenvalue weighted by Gasteiger charge is -2.14. The van der Waals surface area contributed by atoms with Crippen molar-refractivity contribution in [3.05, 3.63) is 0 Å². The molecule has 1 unspecified atom stereocenters. The minimum Gasteiger partial charge on any atom is -0.299 e. The number of carbonyl (C=O) groups is 1. The van der Waals surface area contributed by atoms with Crippen molar-refractivity contribution < 1.29 is 4.79 Å². The van der Waals surface area contributed by atoms with Crippen LogP contribution in [0.25, 0.3) is 0 Å². The zero-order valence-electron chi connectivity index (χ0n) is 10.4. The van der Waals surface area contributed by atoms with Crippen LogP contribution in [0, 0.1) is 11.8 Å². The number of hydrogen-bond acceptors (Lipinski definition) is 1. The molecule has 1 nitrogen and oxygen atoms in total. The van der Waals surface area contributed by atoms with Crippen molar-refractivity contribution in [1.29, 1.82) is 0 Å². The second kappa shape index (κ2) is 7.03. The maximum absolute atomic E-state index is 12.0. The van der Waals surface area contributed by atoms with Gasteiger partial charge in [0.25, 0.3) is 0 Å². The zero-order chi connectivity index (χ0) is 11.1. The summed E-state index contributed by atoms with van der Waals surface area (Å²) in [5.74, 6) is 1.31. The first-order chi connectivity index (χ1) is 7.25. The van der Waals surface area contributed by atoms with Gasteiger partial charge in [0.1, 0.15) is 5.78 Å². The minimum absolute atomic E-state index is 0.324. The second-order valence-corrected chi connectivity index (χ2v) is 5.13. The predicted octanol–water partition coefficient (Wildman–Crippen LogP) is 4.35. The highest BCUT2D eigenvalue weighted by molar-refractivity contribution is 5.83. The molecule has 0 aromatic heterocycles. The Bertz CT molecular complexity index is 180. The van der Waals surface area contributed by atoms with Crippen LogP contribution in [0.4, 0.5) is 0 Å². The average Bonchev–Trinajstić information content (AvgIpc) is 2.76. The van der Waals surface area contributed by atoms with Crippen LogP contribution in [-0.4, -0.2) is 5.78 Å². The van der Waals surface area contributed by atoms with Crippen LogP contribution >= 0.6 is 0 Å². The largest absolute Gasteiger partial charge is 0.299 e. The fourth-order valence-electron chi connectivity index (χ4n) is 2.63. The van der Waals surface area contributed by atoms with Crippen molar-refractivity contribution in [2.75, 3.05) is 0 Å². The molecule has 1 aliphatic rings. The zero-order valence-corrected chi connectivity index (χ0v) is 10.4. The topological polar surface area (TPSA) is 17.1 Å². The molecule has 0 bridgehead atoms. The van der Waals surface area contributed by atoms with Crippen LogP contribution in [0.5, 0.6) is 0 Å². The van der Waals surface area contributed by atoms with E-state index >= 15 is 0 Å². The summed E-state index contributed by atoms with van der Waals surface area (Å²) in [6, 6.07) is 0. The van der Waals surface area contributed by atoms with Gasteiger partial charge in [-0.25, -0.2) is 0 Å². The summed E-state index contributed by atoms with van der Waals surface area (Å²) >= 11 is 0. The van der Waals surface area contributed by atoms with Crippen molar-refractivity contribution in [1.82, 2.24) is 0 Å². The van der Waals surface area contributed by atoms with E-state index in [0.717, 1.165) is 19.3 Å². The fraction of sp³-hybridized carbons (Fsp3) is 0.929. The molecule has 88 valence electrons. The lowest BCUT2D eigenvalue weighted by atomic mass is 9.89. The summed E-state index contributed by atoms with van der Waals surface area (Å²) < 4.78 is 0. The average molecular weight is 210 g/mol.